The van der Waals surface area contributed by atoms with Crippen LogP contribution in [0.2, 0.25) is 0 Å². The van der Waals surface area contributed by atoms with Crippen molar-refractivity contribution in [3.63, 3.8) is 0 Å². The normalized spacial score (nSPS) is 11.2. The SMILES string of the molecule is COc1ccccc1C(=O)Nc1[nH]ncc1C(N)=NO. The second kappa shape index (κ2) is 5.74. The number of nitrogens with one attached hydrogen (secondary N) is 2. The Hall–Kier alpha value is -3.03. The van der Waals surface area contributed by atoms with Gasteiger partial charge in [-0.25, -0.2) is 0 Å². The van der Waals surface area contributed by atoms with Gasteiger partial charge in [-0.15, -0.1) is 0 Å². The molecule has 8 heteroatoms. The van der Waals surface area contributed by atoms with Crippen molar-refractivity contribution >= 4 is 17.6 Å². The zero-order chi connectivity index (χ0) is 14.5. The number of carbonyl (C=O) groups is 1. The van der Waals surface area contributed by atoms with Gasteiger partial charge in [0.25, 0.3) is 5.91 Å². The first-order valence-electron chi connectivity index (χ1n) is 5.63. The van der Waals surface area contributed by atoms with E-state index in [1.54, 1.807) is 24.3 Å². The third kappa shape index (κ3) is 2.53. The van der Waals surface area contributed by atoms with Gasteiger partial charge in [-0.3, -0.25) is 9.89 Å². The minimum atomic E-state index is -0.404. The van der Waals surface area contributed by atoms with Crippen LogP contribution in [0.5, 0.6) is 5.75 Å². The molecular formula is C12H13N5O3. The number of aromatic amines is 1. The summed E-state index contributed by atoms with van der Waals surface area (Å²) in [6.45, 7) is 0. The fourth-order valence-corrected chi connectivity index (χ4v) is 1.64. The summed E-state index contributed by atoms with van der Waals surface area (Å²) in [5.74, 6) is 0.110. The van der Waals surface area contributed by atoms with E-state index in [1.807, 2.05) is 0 Å². The lowest BCUT2D eigenvalue weighted by atomic mass is 10.2. The smallest absolute Gasteiger partial charge is 0.260 e. The van der Waals surface area contributed by atoms with Crippen LogP contribution in [0.3, 0.4) is 0 Å². The van der Waals surface area contributed by atoms with Crippen molar-refractivity contribution in [1.29, 1.82) is 0 Å². The minimum Gasteiger partial charge on any atom is -0.496 e. The summed E-state index contributed by atoms with van der Waals surface area (Å²) in [6, 6.07) is 6.77. The highest BCUT2D eigenvalue weighted by atomic mass is 16.5. The largest absolute Gasteiger partial charge is 0.496 e. The fraction of sp³-hybridized carbons (Fsp3) is 0.0833. The van der Waals surface area contributed by atoms with E-state index < -0.39 is 5.91 Å². The number of ether oxygens (including phenoxy) is 1. The molecule has 1 heterocycles. The van der Waals surface area contributed by atoms with Crippen molar-refractivity contribution in [2.24, 2.45) is 10.9 Å². The average molecular weight is 275 g/mol. The Morgan fingerprint density at radius 1 is 1.45 bits per heavy atom. The van der Waals surface area contributed by atoms with Crippen molar-refractivity contribution in [1.82, 2.24) is 10.2 Å². The Balaban J connectivity index is 2.27. The topological polar surface area (TPSA) is 126 Å². The van der Waals surface area contributed by atoms with Gasteiger partial charge in [0.2, 0.25) is 0 Å². The van der Waals surface area contributed by atoms with Gasteiger partial charge in [0.05, 0.1) is 24.4 Å². The number of benzene rings is 1. The second-order valence-electron chi connectivity index (χ2n) is 3.80. The maximum atomic E-state index is 12.2. The zero-order valence-corrected chi connectivity index (χ0v) is 10.6. The van der Waals surface area contributed by atoms with Crippen LogP contribution in [0.1, 0.15) is 15.9 Å². The number of carbonyl (C=O) groups excluding carboxylic acids is 1. The van der Waals surface area contributed by atoms with Gasteiger partial charge in [-0.2, -0.15) is 5.10 Å². The van der Waals surface area contributed by atoms with Crippen LogP contribution in [-0.4, -0.2) is 34.3 Å². The van der Waals surface area contributed by atoms with E-state index >= 15 is 0 Å². The van der Waals surface area contributed by atoms with Gasteiger partial charge in [0, 0.05) is 0 Å². The first-order valence-corrected chi connectivity index (χ1v) is 5.63. The van der Waals surface area contributed by atoms with Crippen LogP contribution < -0.4 is 15.8 Å². The van der Waals surface area contributed by atoms with Gasteiger partial charge in [0.15, 0.2) is 5.84 Å². The lowest BCUT2D eigenvalue weighted by Crippen LogP contribution is -2.18. The summed E-state index contributed by atoms with van der Waals surface area (Å²) in [4.78, 5) is 12.2. The number of H-pyrrole nitrogens is 1. The highest BCUT2D eigenvalue weighted by Crippen LogP contribution is 2.19. The highest BCUT2D eigenvalue weighted by Gasteiger charge is 2.16. The summed E-state index contributed by atoms with van der Waals surface area (Å²) in [6.07, 6.45) is 1.34. The fourth-order valence-electron chi connectivity index (χ4n) is 1.64. The van der Waals surface area contributed by atoms with E-state index in [4.69, 9.17) is 15.7 Å². The number of rotatable bonds is 4. The van der Waals surface area contributed by atoms with Gasteiger partial charge in [0.1, 0.15) is 11.6 Å². The molecule has 0 bridgehead atoms. The number of nitrogens with two attached hydrogens (primary N) is 1. The molecule has 0 radical (unpaired) electrons. The Labute approximate surface area is 114 Å². The highest BCUT2D eigenvalue weighted by molar-refractivity contribution is 6.09. The second-order valence-corrected chi connectivity index (χ2v) is 3.80. The molecule has 0 atom stereocenters. The van der Waals surface area contributed by atoms with Crippen molar-refractivity contribution in [3.05, 3.63) is 41.6 Å². The molecule has 0 aliphatic carbocycles. The quantitative estimate of drug-likeness (QED) is 0.284. The molecule has 1 amide bonds. The van der Waals surface area contributed by atoms with Crippen LogP contribution in [0.15, 0.2) is 35.6 Å². The molecule has 5 N–H and O–H groups in total. The molecule has 2 aromatic rings. The average Bonchev–Trinajstić information content (AvgIpc) is 2.94. The van der Waals surface area contributed by atoms with Crippen molar-refractivity contribution < 1.29 is 14.7 Å². The van der Waals surface area contributed by atoms with Crippen molar-refractivity contribution in [3.8, 4) is 5.75 Å². The number of amidine groups is 1. The van der Waals surface area contributed by atoms with Crippen LogP contribution in [-0.2, 0) is 0 Å². The summed E-state index contributed by atoms with van der Waals surface area (Å²) in [7, 11) is 1.48. The molecular weight excluding hydrogens is 262 g/mol. The Kier molecular flexibility index (Phi) is 3.85. The number of anilines is 1. The molecule has 0 unspecified atom stereocenters. The molecule has 0 saturated heterocycles. The van der Waals surface area contributed by atoms with E-state index in [0.29, 0.717) is 11.3 Å². The zero-order valence-electron chi connectivity index (χ0n) is 10.6. The molecule has 20 heavy (non-hydrogen) atoms. The number of para-hydroxylation sites is 1. The molecule has 0 aliphatic rings. The summed E-state index contributed by atoms with van der Waals surface area (Å²) in [5, 5.41) is 20.4. The maximum absolute atomic E-state index is 12.2. The number of hydrogen-bond acceptors (Lipinski definition) is 5. The van der Waals surface area contributed by atoms with Crippen LogP contribution >= 0.6 is 0 Å². The van der Waals surface area contributed by atoms with Gasteiger partial charge >= 0.3 is 0 Å². The third-order valence-corrected chi connectivity index (χ3v) is 2.61. The lowest BCUT2D eigenvalue weighted by Gasteiger charge is -2.08. The predicted molar refractivity (Wildman–Crippen MR) is 72.0 cm³/mol. The Morgan fingerprint density at radius 3 is 2.90 bits per heavy atom. The first kappa shape index (κ1) is 13.4. The molecule has 8 nitrogen and oxygen atoms in total. The van der Waals surface area contributed by atoms with Crippen molar-refractivity contribution in [2.45, 2.75) is 0 Å². The van der Waals surface area contributed by atoms with Crippen molar-refractivity contribution in [2.75, 3.05) is 12.4 Å². The number of oxime groups is 1. The molecule has 2 rings (SSSR count). The van der Waals surface area contributed by atoms with Gasteiger partial charge < -0.3 is 21.0 Å². The van der Waals surface area contributed by atoms with E-state index in [0.717, 1.165) is 0 Å². The summed E-state index contributed by atoms with van der Waals surface area (Å²) in [5.41, 5.74) is 6.12. The van der Waals surface area contributed by atoms with Crippen LogP contribution in [0.4, 0.5) is 5.82 Å². The predicted octanol–water partition coefficient (Wildman–Crippen LogP) is 0.765. The minimum absolute atomic E-state index is 0.158. The van der Waals surface area contributed by atoms with E-state index in [9.17, 15) is 4.79 Å². The Bertz CT molecular complexity index is 650. The Morgan fingerprint density at radius 2 is 2.20 bits per heavy atom. The van der Waals surface area contributed by atoms with Gasteiger partial charge in [-0.05, 0) is 12.1 Å². The monoisotopic (exact) mass is 275 g/mol. The van der Waals surface area contributed by atoms with E-state index in [1.165, 1.54) is 13.3 Å². The molecule has 0 fully saturated rings. The number of amides is 1. The molecule has 0 spiro atoms. The third-order valence-electron chi connectivity index (χ3n) is 2.61. The summed E-state index contributed by atoms with van der Waals surface area (Å²) >= 11 is 0. The number of aromatic nitrogens is 2. The van der Waals surface area contributed by atoms with Crippen LogP contribution in [0.25, 0.3) is 0 Å². The first-order chi connectivity index (χ1) is 9.67. The molecule has 1 aromatic carbocycles. The maximum Gasteiger partial charge on any atom is 0.260 e. The molecule has 0 saturated carbocycles. The molecule has 0 aliphatic heterocycles. The number of methoxy groups -OCH3 is 1. The number of hydrogen-bond donors (Lipinski definition) is 4. The van der Waals surface area contributed by atoms with Gasteiger partial charge in [-0.1, -0.05) is 17.3 Å². The molecule has 1 aromatic heterocycles. The number of nitrogens with zero attached hydrogens (tertiary/aromatic N) is 2. The molecule has 104 valence electrons. The lowest BCUT2D eigenvalue weighted by molar-refractivity contribution is 0.102. The van der Waals surface area contributed by atoms with E-state index in [-0.39, 0.29) is 17.2 Å². The summed E-state index contributed by atoms with van der Waals surface area (Å²) < 4.78 is 5.11. The van der Waals surface area contributed by atoms with E-state index in [2.05, 4.69) is 20.7 Å². The standard InChI is InChI=1S/C12H13N5O3/c1-20-9-5-3-2-4-7(9)12(18)15-11-8(6-14-16-11)10(13)17-19/h2-6,19H,1H3,(H2,13,17)(H2,14,15,16,18). The van der Waals surface area contributed by atoms with Crippen LogP contribution in [0, 0.1) is 0 Å².